The highest BCUT2D eigenvalue weighted by Gasteiger charge is 2.21. The predicted molar refractivity (Wildman–Crippen MR) is 119 cm³/mol. The van der Waals surface area contributed by atoms with Gasteiger partial charge in [0.05, 0.1) is 5.52 Å². The molecule has 29 heavy (non-hydrogen) atoms. The molecule has 1 unspecified atom stereocenters. The van der Waals surface area contributed by atoms with E-state index in [-0.39, 0.29) is 11.9 Å². The van der Waals surface area contributed by atoms with Crippen molar-refractivity contribution >= 4 is 34.1 Å². The number of amides is 1. The third kappa shape index (κ3) is 4.69. The smallest absolute Gasteiger partial charge is 0.251 e. The SMILES string of the molecule is CC(CNC(=O)c1ccc2nc(Cl)ccc2c1)N1CCN(c2ccccc2)CC1. The van der Waals surface area contributed by atoms with Gasteiger partial charge in [-0.25, -0.2) is 4.98 Å². The first-order valence-electron chi connectivity index (χ1n) is 9.99. The van der Waals surface area contributed by atoms with Crippen LogP contribution in [0.5, 0.6) is 0 Å². The second kappa shape index (κ2) is 8.80. The van der Waals surface area contributed by atoms with Crippen LogP contribution >= 0.6 is 11.6 Å². The number of hydrogen-bond donors (Lipinski definition) is 1. The molecule has 0 saturated carbocycles. The van der Waals surface area contributed by atoms with Gasteiger partial charge < -0.3 is 10.2 Å². The van der Waals surface area contributed by atoms with Gasteiger partial charge in [0.1, 0.15) is 5.15 Å². The minimum absolute atomic E-state index is 0.0587. The van der Waals surface area contributed by atoms with Crippen LogP contribution in [0.1, 0.15) is 17.3 Å². The summed E-state index contributed by atoms with van der Waals surface area (Å²) in [6, 6.07) is 19.9. The van der Waals surface area contributed by atoms with Gasteiger partial charge in [-0.1, -0.05) is 29.8 Å². The summed E-state index contributed by atoms with van der Waals surface area (Å²) in [6.45, 7) is 6.79. The van der Waals surface area contributed by atoms with Gasteiger partial charge in [-0.2, -0.15) is 0 Å². The molecular weight excluding hydrogens is 384 g/mol. The van der Waals surface area contributed by atoms with Gasteiger partial charge in [0.25, 0.3) is 5.91 Å². The molecule has 1 amide bonds. The van der Waals surface area contributed by atoms with Crippen LogP contribution in [0.3, 0.4) is 0 Å². The van der Waals surface area contributed by atoms with Crippen molar-refractivity contribution in [3.8, 4) is 0 Å². The van der Waals surface area contributed by atoms with E-state index in [9.17, 15) is 4.79 Å². The summed E-state index contributed by atoms with van der Waals surface area (Å²) in [6.07, 6.45) is 0. The lowest BCUT2D eigenvalue weighted by Crippen LogP contribution is -2.52. The summed E-state index contributed by atoms with van der Waals surface area (Å²) in [5.41, 5.74) is 2.71. The first-order valence-corrected chi connectivity index (χ1v) is 10.4. The van der Waals surface area contributed by atoms with Crippen molar-refractivity contribution in [2.45, 2.75) is 13.0 Å². The maximum atomic E-state index is 12.6. The number of nitrogens with zero attached hydrogens (tertiary/aromatic N) is 3. The molecule has 1 aliphatic rings. The molecule has 1 N–H and O–H groups in total. The van der Waals surface area contributed by atoms with Crippen molar-refractivity contribution < 1.29 is 4.79 Å². The number of carbonyl (C=O) groups excluding carboxylic acids is 1. The fraction of sp³-hybridized carbons (Fsp3) is 0.304. The molecule has 1 aromatic heterocycles. The first-order chi connectivity index (χ1) is 14.1. The van der Waals surface area contributed by atoms with E-state index in [1.807, 2.05) is 24.3 Å². The topological polar surface area (TPSA) is 48.5 Å². The molecule has 0 aliphatic carbocycles. The molecule has 1 saturated heterocycles. The lowest BCUT2D eigenvalue weighted by Gasteiger charge is -2.39. The summed E-state index contributed by atoms with van der Waals surface area (Å²) < 4.78 is 0. The van der Waals surface area contributed by atoms with Gasteiger partial charge in [-0.15, -0.1) is 0 Å². The van der Waals surface area contributed by atoms with Gasteiger partial charge in [0, 0.05) is 55.4 Å². The number of anilines is 1. The molecular formula is C23H25ClN4O. The highest BCUT2D eigenvalue weighted by Crippen LogP contribution is 2.18. The molecule has 3 aromatic rings. The Balaban J connectivity index is 1.30. The van der Waals surface area contributed by atoms with Crippen LogP contribution in [0.25, 0.3) is 10.9 Å². The number of fused-ring (bicyclic) bond motifs is 1. The van der Waals surface area contributed by atoms with Crippen molar-refractivity contribution in [1.29, 1.82) is 0 Å². The third-order valence-electron chi connectivity index (χ3n) is 5.53. The minimum Gasteiger partial charge on any atom is -0.369 e. The van der Waals surface area contributed by atoms with Gasteiger partial charge in [0.15, 0.2) is 0 Å². The highest BCUT2D eigenvalue weighted by molar-refractivity contribution is 6.29. The average molecular weight is 409 g/mol. The number of carbonyl (C=O) groups is 1. The first kappa shape index (κ1) is 19.7. The van der Waals surface area contributed by atoms with Crippen LogP contribution in [-0.4, -0.2) is 54.6 Å². The second-order valence-corrected chi connectivity index (χ2v) is 7.85. The fourth-order valence-corrected chi connectivity index (χ4v) is 3.93. The van der Waals surface area contributed by atoms with Crippen molar-refractivity contribution in [1.82, 2.24) is 15.2 Å². The quantitative estimate of drug-likeness (QED) is 0.652. The Morgan fingerprint density at radius 1 is 1.07 bits per heavy atom. The van der Waals surface area contributed by atoms with Crippen LogP contribution in [0.15, 0.2) is 60.7 Å². The lowest BCUT2D eigenvalue weighted by molar-refractivity contribution is 0.0934. The molecule has 0 spiro atoms. The monoisotopic (exact) mass is 408 g/mol. The third-order valence-corrected chi connectivity index (χ3v) is 5.74. The number of benzene rings is 2. The number of aromatic nitrogens is 1. The molecule has 0 bridgehead atoms. The standard InChI is InChI=1S/C23H25ClN4O/c1-17(27-11-13-28(14-12-27)20-5-3-2-4-6-20)16-25-23(29)19-7-9-21-18(15-19)8-10-22(24)26-21/h2-10,15,17H,11-14,16H2,1H3,(H,25,29). The number of para-hydroxylation sites is 1. The summed E-state index contributed by atoms with van der Waals surface area (Å²) in [5.74, 6) is -0.0587. The summed E-state index contributed by atoms with van der Waals surface area (Å²) in [4.78, 5) is 21.7. The Hall–Kier alpha value is -2.63. The molecule has 1 fully saturated rings. The molecule has 2 heterocycles. The van der Waals surface area contributed by atoms with Crippen molar-refractivity contribution in [3.05, 3.63) is 71.4 Å². The van der Waals surface area contributed by atoms with Crippen molar-refractivity contribution in [2.75, 3.05) is 37.6 Å². The number of piperazine rings is 1. The molecule has 150 valence electrons. The molecule has 0 radical (unpaired) electrons. The lowest BCUT2D eigenvalue weighted by atomic mass is 10.1. The van der Waals surface area contributed by atoms with E-state index in [0.29, 0.717) is 17.3 Å². The fourth-order valence-electron chi connectivity index (χ4n) is 3.77. The maximum Gasteiger partial charge on any atom is 0.251 e. The van der Waals surface area contributed by atoms with E-state index in [2.05, 4.69) is 51.3 Å². The normalized spacial score (nSPS) is 16.0. The Kier molecular flexibility index (Phi) is 5.97. The Bertz CT molecular complexity index is 987. The number of nitrogens with one attached hydrogen (secondary N) is 1. The van der Waals surface area contributed by atoms with Crippen LogP contribution in [-0.2, 0) is 0 Å². The zero-order valence-corrected chi connectivity index (χ0v) is 17.3. The predicted octanol–water partition coefficient (Wildman–Crippen LogP) is 3.83. The number of pyridine rings is 1. The van der Waals surface area contributed by atoms with E-state index in [0.717, 1.165) is 37.1 Å². The summed E-state index contributed by atoms with van der Waals surface area (Å²) in [7, 11) is 0. The van der Waals surface area contributed by atoms with Crippen molar-refractivity contribution in [2.24, 2.45) is 0 Å². The summed E-state index contributed by atoms with van der Waals surface area (Å²) in [5, 5.41) is 4.44. The molecule has 5 nitrogen and oxygen atoms in total. The second-order valence-electron chi connectivity index (χ2n) is 7.46. The molecule has 1 aliphatic heterocycles. The number of halogens is 1. The number of hydrogen-bond acceptors (Lipinski definition) is 4. The van der Waals surface area contributed by atoms with Gasteiger partial charge in [-0.05, 0) is 49.4 Å². The van der Waals surface area contributed by atoms with E-state index in [4.69, 9.17) is 11.6 Å². The van der Waals surface area contributed by atoms with Gasteiger partial charge in [0.2, 0.25) is 0 Å². The van der Waals surface area contributed by atoms with E-state index >= 15 is 0 Å². The molecule has 2 aromatic carbocycles. The van der Waals surface area contributed by atoms with Gasteiger partial charge in [-0.3, -0.25) is 9.69 Å². The Morgan fingerprint density at radius 2 is 1.83 bits per heavy atom. The highest BCUT2D eigenvalue weighted by atomic mass is 35.5. The van der Waals surface area contributed by atoms with Crippen LogP contribution in [0, 0.1) is 0 Å². The van der Waals surface area contributed by atoms with Crippen LogP contribution in [0.2, 0.25) is 5.15 Å². The van der Waals surface area contributed by atoms with Crippen molar-refractivity contribution in [3.63, 3.8) is 0 Å². The van der Waals surface area contributed by atoms with Crippen LogP contribution in [0.4, 0.5) is 5.69 Å². The maximum absolute atomic E-state index is 12.6. The number of rotatable bonds is 5. The largest absolute Gasteiger partial charge is 0.369 e. The Labute approximate surface area is 176 Å². The van der Waals surface area contributed by atoms with E-state index in [1.54, 1.807) is 12.1 Å². The summed E-state index contributed by atoms with van der Waals surface area (Å²) >= 11 is 5.93. The molecule has 6 heteroatoms. The zero-order valence-electron chi connectivity index (χ0n) is 16.5. The minimum atomic E-state index is -0.0587. The zero-order chi connectivity index (χ0) is 20.2. The Morgan fingerprint density at radius 3 is 2.59 bits per heavy atom. The van der Waals surface area contributed by atoms with Crippen LogP contribution < -0.4 is 10.2 Å². The van der Waals surface area contributed by atoms with Gasteiger partial charge >= 0.3 is 0 Å². The average Bonchev–Trinajstić information content (AvgIpc) is 2.77. The van der Waals surface area contributed by atoms with E-state index < -0.39 is 0 Å². The molecule has 1 atom stereocenters. The molecule has 4 rings (SSSR count). The van der Waals surface area contributed by atoms with E-state index in [1.165, 1.54) is 5.69 Å².